The fraction of sp³-hybridized carbons (Fsp3) is 0.375. The number of carbonyl (C=O) groups excluding carboxylic acids is 1. The summed E-state index contributed by atoms with van der Waals surface area (Å²) >= 11 is 9.26. The van der Waals surface area contributed by atoms with Crippen LogP contribution in [0.4, 0.5) is 0 Å². The van der Waals surface area contributed by atoms with E-state index in [9.17, 15) is 4.79 Å². The van der Waals surface area contributed by atoms with Gasteiger partial charge in [-0.25, -0.2) is 0 Å². The molecule has 0 aromatic carbocycles. The van der Waals surface area contributed by atoms with Gasteiger partial charge in [-0.05, 0) is 28.9 Å². The molecule has 5 heteroatoms. The number of amides is 1. The Morgan fingerprint density at radius 2 is 2.46 bits per heavy atom. The van der Waals surface area contributed by atoms with Gasteiger partial charge in [0.1, 0.15) is 10.3 Å². The third-order valence-electron chi connectivity index (χ3n) is 2.16. The Labute approximate surface area is 89.2 Å². The molecule has 0 aliphatic carbocycles. The first kappa shape index (κ1) is 9.09. The van der Waals surface area contributed by atoms with E-state index in [0.717, 1.165) is 4.60 Å². The van der Waals surface area contributed by atoms with E-state index >= 15 is 0 Å². The van der Waals surface area contributed by atoms with Gasteiger partial charge in [-0.3, -0.25) is 4.79 Å². The second kappa shape index (κ2) is 3.03. The molecular weight excluding hydrogens is 255 g/mol. The maximum absolute atomic E-state index is 11.4. The highest BCUT2D eigenvalue weighted by Crippen LogP contribution is 2.31. The first-order valence-corrected chi connectivity index (χ1v) is 5.12. The molecule has 1 aliphatic heterocycles. The molecule has 1 unspecified atom stereocenters. The van der Waals surface area contributed by atoms with Gasteiger partial charge in [0.05, 0.1) is 5.02 Å². The summed E-state index contributed by atoms with van der Waals surface area (Å²) in [5, 5.41) is 3.37. The molecule has 0 radical (unpaired) electrons. The fourth-order valence-corrected chi connectivity index (χ4v) is 2.35. The van der Waals surface area contributed by atoms with Crippen LogP contribution in [-0.4, -0.2) is 17.0 Å². The molecule has 3 nitrogen and oxygen atoms in total. The summed E-state index contributed by atoms with van der Waals surface area (Å²) in [7, 11) is 0. The van der Waals surface area contributed by atoms with E-state index in [2.05, 4.69) is 21.2 Å². The Morgan fingerprint density at radius 1 is 1.77 bits per heavy atom. The van der Waals surface area contributed by atoms with Crippen LogP contribution in [0.2, 0.25) is 5.02 Å². The van der Waals surface area contributed by atoms with Crippen LogP contribution in [-0.2, 0) is 0 Å². The number of hydrogen-bond acceptors (Lipinski definition) is 1. The summed E-state index contributed by atoms with van der Waals surface area (Å²) in [4.78, 5) is 11.4. The summed E-state index contributed by atoms with van der Waals surface area (Å²) in [5.74, 6) is -0.0642. The standard InChI is InChI=1S/C8H8BrClN2O/c1-4-3-11-8(13)6-2-5(10)7(9)12(4)6/h2,4H,3H2,1H3,(H,11,13). The molecule has 0 bridgehead atoms. The highest BCUT2D eigenvalue weighted by atomic mass is 79.9. The van der Waals surface area contributed by atoms with Crippen molar-refractivity contribution in [2.75, 3.05) is 6.54 Å². The number of halogens is 2. The summed E-state index contributed by atoms with van der Waals surface area (Å²) in [6, 6.07) is 1.92. The van der Waals surface area contributed by atoms with Crippen molar-refractivity contribution in [3.63, 3.8) is 0 Å². The molecule has 0 spiro atoms. The van der Waals surface area contributed by atoms with Crippen LogP contribution in [0.15, 0.2) is 10.7 Å². The minimum atomic E-state index is -0.0642. The van der Waals surface area contributed by atoms with Crippen LogP contribution in [0.25, 0.3) is 0 Å². The van der Waals surface area contributed by atoms with E-state index in [1.165, 1.54) is 0 Å². The molecule has 0 fully saturated rings. The Kier molecular flexibility index (Phi) is 2.12. The van der Waals surface area contributed by atoms with E-state index in [4.69, 9.17) is 11.6 Å². The number of rotatable bonds is 0. The van der Waals surface area contributed by atoms with Crippen molar-refractivity contribution in [1.29, 1.82) is 0 Å². The lowest BCUT2D eigenvalue weighted by Crippen LogP contribution is -2.37. The Hall–Kier alpha value is -0.480. The van der Waals surface area contributed by atoms with E-state index in [-0.39, 0.29) is 11.9 Å². The zero-order valence-electron chi connectivity index (χ0n) is 6.97. The van der Waals surface area contributed by atoms with Crippen molar-refractivity contribution in [3.8, 4) is 0 Å². The quantitative estimate of drug-likeness (QED) is 0.765. The van der Waals surface area contributed by atoms with Crippen molar-refractivity contribution >= 4 is 33.4 Å². The monoisotopic (exact) mass is 262 g/mol. The Bertz CT molecular complexity index is 374. The highest BCUT2D eigenvalue weighted by Gasteiger charge is 2.25. The van der Waals surface area contributed by atoms with Gasteiger partial charge < -0.3 is 9.88 Å². The molecule has 1 aromatic heterocycles. The number of carbonyl (C=O) groups is 1. The van der Waals surface area contributed by atoms with Gasteiger partial charge >= 0.3 is 0 Å². The van der Waals surface area contributed by atoms with Crippen molar-refractivity contribution in [3.05, 3.63) is 21.4 Å². The first-order chi connectivity index (χ1) is 6.11. The van der Waals surface area contributed by atoms with Crippen LogP contribution in [0, 0.1) is 0 Å². The molecule has 2 heterocycles. The number of hydrogen-bond donors (Lipinski definition) is 1. The number of fused-ring (bicyclic) bond motifs is 1. The maximum Gasteiger partial charge on any atom is 0.268 e. The van der Waals surface area contributed by atoms with Crippen LogP contribution in [0.5, 0.6) is 0 Å². The topological polar surface area (TPSA) is 34.0 Å². The van der Waals surface area contributed by atoms with E-state index in [0.29, 0.717) is 17.3 Å². The lowest BCUT2D eigenvalue weighted by atomic mass is 10.2. The van der Waals surface area contributed by atoms with Gasteiger partial charge in [0, 0.05) is 12.6 Å². The molecule has 1 N–H and O–H groups in total. The van der Waals surface area contributed by atoms with Gasteiger partial charge in [0.25, 0.3) is 5.91 Å². The van der Waals surface area contributed by atoms with Crippen LogP contribution >= 0.6 is 27.5 Å². The molecule has 0 saturated carbocycles. The smallest absolute Gasteiger partial charge is 0.268 e. The zero-order chi connectivity index (χ0) is 9.59. The molecule has 1 aliphatic rings. The van der Waals surface area contributed by atoms with E-state index in [1.54, 1.807) is 6.07 Å². The van der Waals surface area contributed by atoms with Crippen LogP contribution in [0.3, 0.4) is 0 Å². The van der Waals surface area contributed by atoms with Gasteiger partial charge in [0.2, 0.25) is 0 Å². The van der Waals surface area contributed by atoms with Crippen LogP contribution < -0.4 is 5.32 Å². The molecule has 0 saturated heterocycles. The maximum atomic E-state index is 11.4. The van der Waals surface area contributed by atoms with Crippen molar-refractivity contribution < 1.29 is 4.79 Å². The number of nitrogens with zero attached hydrogens (tertiary/aromatic N) is 1. The molecule has 13 heavy (non-hydrogen) atoms. The second-order valence-electron chi connectivity index (χ2n) is 3.10. The molecule has 1 aromatic rings. The minimum Gasteiger partial charge on any atom is -0.349 e. The summed E-state index contributed by atoms with van der Waals surface area (Å²) < 4.78 is 2.69. The van der Waals surface area contributed by atoms with Crippen molar-refractivity contribution in [1.82, 2.24) is 9.88 Å². The predicted octanol–water partition coefficient (Wildman–Crippen LogP) is 2.21. The molecule has 2 rings (SSSR count). The van der Waals surface area contributed by atoms with Crippen molar-refractivity contribution in [2.24, 2.45) is 0 Å². The lowest BCUT2D eigenvalue weighted by molar-refractivity contribution is 0.0917. The SMILES string of the molecule is CC1CNC(=O)c2cc(Cl)c(Br)n21. The minimum absolute atomic E-state index is 0.0642. The van der Waals surface area contributed by atoms with Crippen molar-refractivity contribution in [2.45, 2.75) is 13.0 Å². The zero-order valence-corrected chi connectivity index (χ0v) is 9.32. The second-order valence-corrected chi connectivity index (χ2v) is 4.26. The summed E-state index contributed by atoms with van der Waals surface area (Å²) in [5.41, 5.74) is 0.621. The lowest BCUT2D eigenvalue weighted by Gasteiger charge is -2.23. The van der Waals surface area contributed by atoms with Gasteiger partial charge in [-0.15, -0.1) is 0 Å². The first-order valence-electron chi connectivity index (χ1n) is 3.95. The number of nitrogens with one attached hydrogen (secondary N) is 1. The van der Waals surface area contributed by atoms with Gasteiger partial charge in [-0.1, -0.05) is 11.6 Å². The third kappa shape index (κ3) is 1.28. The molecule has 70 valence electrons. The third-order valence-corrected chi connectivity index (χ3v) is 3.49. The molecule has 1 amide bonds. The van der Waals surface area contributed by atoms with E-state index < -0.39 is 0 Å². The van der Waals surface area contributed by atoms with Crippen LogP contribution in [0.1, 0.15) is 23.5 Å². The Morgan fingerprint density at radius 3 is 3.08 bits per heavy atom. The number of aromatic nitrogens is 1. The average molecular weight is 264 g/mol. The Balaban J connectivity index is 2.63. The fourth-order valence-electron chi connectivity index (χ4n) is 1.50. The van der Waals surface area contributed by atoms with Gasteiger partial charge in [0.15, 0.2) is 0 Å². The van der Waals surface area contributed by atoms with Gasteiger partial charge in [-0.2, -0.15) is 0 Å². The largest absolute Gasteiger partial charge is 0.349 e. The summed E-state index contributed by atoms with van der Waals surface area (Å²) in [6.07, 6.45) is 0. The predicted molar refractivity (Wildman–Crippen MR) is 54.2 cm³/mol. The summed E-state index contributed by atoms with van der Waals surface area (Å²) in [6.45, 7) is 2.68. The molecular formula is C8H8BrClN2O. The van der Waals surface area contributed by atoms with E-state index in [1.807, 2.05) is 11.5 Å². The average Bonchev–Trinajstić information content (AvgIpc) is 2.38. The molecule has 1 atom stereocenters. The highest BCUT2D eigenvalue weighted by molar-refractivity contribution is 9.10. The normalized spacial score (nSPS) is 21.2.